The minimum absolute atomic E-state index is 0.0257. The van der Waals surface area contributed by atoms with Crippen molar-refractivity contribution in [1.82, 2.24) is 41.7 Å². The summed E-state index contributed by atoms with van der Waals surface area (Å²) in [5.74, 6) is -6.43. The van der Waals surface area contributed by atoms with Crippen molar-refractivity contribution in [3.63, 3.8) is 0 Å². The summed E-state index contributed by atoms with van der Waals surface area (Å²) in [5, 5.41) is 104. The van der Waals surface area contributed by atoms with Crippen molar-refractivity contribution in [3.8, 4) is 5.75 Å². The van der Waals surface area contributed by atoms with E-state index in [0.29, 0.717) is 24.7 Å². The van der Waals surface area contributed by atoms with Crippen LogP contribution in [-0.4, -0.2) is 204 Å². The highest BCUT2D eigenvalue weighted by Gasteiger charge is 2.49. The predicted octanol–water partition coefficient (Wildman–Crippen LogP) is -3.31. The number of nitrogens with zero attached hydrogens (tertiary/aromatic N) is 2. The van der Waals surface area contributed by atoms with Gasteiger partial charge in [-0.2, -0.15) is 0 Å². The highest BCUT2D eigenvalue weighted by atomic mass is 16.3. The van der Waals surface area contributed by atoms with E-state index in [-0.39, 0.29) is 56.8 Å². The molecule has 1 aromatic carbocycles. The average molecular weight is 1090 g/mol. The van der Waals surface area contributed by atoms with Crippen molar-refractivity contribution in [3.05, 3.63) is 29.8 Å². The van der Waals surface area contributed by atoms with Crippen LogP contribution in [-0.2, 0) is 33.6 Å². The Bertz CT molecular complexity index is 2070. The number of phenols is 1. The van der Waals surface area contributed by atoms with Gasteiger partial charge in [0, 0.05) is 45.4 Å². The second kappa shape index (κ2) is 31.5. The number of aromatic hydroxyl groups is 1. The number of aliphatic hydroxyl groups excluding tert-OH is 7. The van der Waals surface area contributed by atoms with E-state index in [1.807, 2.05) is 0 Å². The molecule has 16 atom stereocenters. The Morgan fingerprint density at radius 3 is 1.97 bits per heavy atom. The molecule has 0 aromatic heterocycles. The number of benzene rings is 1. The van der Waals surface area contributed by atoms with Crippen molar-refractivity contribution in [2.75, 3.05) is 32.7 Å². The summed E-state index contributed by atoms with van der Waals surface area (Å²) in [5.41, 5.74) is 11.5. The van der Waals surface area contributed by atoms with Gasteiger partial charge in [0.25, 0.3) is 0 Å². The summed E-state index contributed by atoms with van der Waals surface area (Å²) in [4.78, 5) is 102. The third-order valence-corrected chi connectivity index (χ3v) is 14.9. The Hall–Kier alpha value is -5.09. The molecule has 25 nitrogen and oxygen atoms in total. The zero-order valence-corrected chi connectivity index (χ0v) is 45.0. The van der Waals surface area contributed by atoms with Crippen LogP contribution in [0.5, 0.6) is 5.75 Å². The topological polar surface area (TPSA) is 412 Å². The summed E-state index contributed by atoms with van der Waals surface area (Å²) < 4.78 is 0. The van der Waals surface area contributed by atoms with Gasteiger partial charge in [0.05, 0.1) is 30.5 Å². The number of hydrogen-bond donors (Lipinski definition) is 16. The molecule has 7 unspecified atom stereocenters. The Morgan fingerprint density at radius 1 is 0.714 bits per heavy atom. The van der Waals surface area contributed by atoms with Crippen molar-refractivity contribution in [2.24, 2.45) is 23.3 Å². The lowest BCUT2D eigenvalue weighted by atomic mass is 9.91. The van der Waals surface area contributed by atoms with E-state index >= 15 is 0 Å². The highest BCUT2D eigenvalue weighted by Crippen LogP contribution is 2.27. The maximum absolute atomic E-state index is 14.6. The number of fused-ring (bicyclic) bond motifs is 2. The molecule has 18 N–H and O–H groups in total. The number of aliphatic hydroxyl groups is 7. The fourth-order valence-electron chi connectivity index (χ4n) is 10.2. The summed E-state index contributed by atoms with van der Waals surface area (Å²) >= 11 is 0. The van der Waals surface area contributed by atoms with Gasteiger partial charge in [0.1, 0.15) is 60.4 Å². The molecule has 3 aliphatic rings. The molecule has 3 aliphatic heterocycles. The standard InChI is InChI=1S/C52H88N10O15/c1-5-28(2)24-29(3)12-10-8-6-7-9-11-13-39(69)56-34-26-38(68)46(55-22-21-54)60-50(75)43-37(67)19-23-61(43)52(77)41(36(66)18-20-53)58-49(74)42(45(71)44(70)31-14-16-32(64)17-15-31)59-48(73)35-25-33(65)27-62(35)51(76)40(30(4)63)57-47(34)72/h14-17,28-30,33-38,40-46,55,63-68,70-71H,5-13,18-27,53-54H2,1-4H3,(H,56,69)(H,57,72)(H,58,74)(H,59,73)(H,60,75)/t28?,29?,30-,33-,34-,35?,36+,37-,38+,40?,41?,42?,43?,44-,45-,46-/m0/s1. The van der Waals surface area contributed by atoms with E-state index in [0.717, 1.165) is 55.2 Å². The molecule has 436 valence electrons. The molecule has 77 heavy (non-hydrogen) atoms. The molecule has 7 amide bonds. The Kier molecular flexibility index (Phi) is 26.4. The van der Waals surface area contributed by atoms with Gasteiger partial charge in [-0.3, -0.25) is 38.9 Å². The fourth-order valence-corrected chi connectivity index (χ4v) is 10.2. The second-order valence-corrected chi connectivity index (χ2v) is 21.3. The molecule has 4 rings (SSSR count). The molecule has 0 aliphatic carbocycles. The van der Waals surface area contributed by atoms with Gasteiger partial charge in [-0.1, -0.05) is 77.8 Å². The van der Waals surface area contributed by atoms with E-state index in [1.54, 1.807) is 0 Å². The smallest absolute Gasteiger partial charge is 0.248 e. The average Bonchev–Trinajstić information content (AvgIpc) is 3.99. The van der Waals surface area contributed by atoms with Crippen LogP contribution in [0.4, 0.5) is 0 Å². The monoisotopic (exact) mass is 1090 g/mol. The Morgan fingerprint density at radius 2 is 1.34 bits per heavy atom. The van der Waals surface area contributed by atoms with Gasteiger partial charge >= 0.3 is 0 Å². The number of unbranched alkanes of at least 4 members (excludes halogenated alkanes) is 5. The normalized spacial score (nSPS) is 28.6. The Labute approximate surface area is 450 Å². The number of carbonyl (C=O) groups excluding carboxylic acids is 7. The maximum Gasteiger partial charge on any atom is 0.248 e. The molecule has 1 aromatic rings. The van der Waals surface area contributed by atoms with Crippen LogP contribution >= 0.6 is 0 Å². The summed E-state index contributed by atoms with van der Waals surface area (Å²) in [6.45, 7) is 6.73. The number of phenolic OH excluding ortho intramolecular Hbond substituents is 1. The number of carbonyl (C=O) groups is 7. The number of rotatable bonds is 23. The van der Waals surface area contributed by atoms with E-state index in [4.69, 9.17) is 11.5 Å². The first-order chi connectivity index (χ1) is 36.5. The van der Waals surface area contributed by atoms with Gasteiger partial charge < -0.3 is 88.7 Å². The van der Waals surface area contributed by atoms with Gasteiger partial charge in [-0.15, -0.1) is 0 Å². The van der Waals surface area contributed by atoms with E-state index < -0.39 is 146 Å². The van der Waals surface area contributed by atoms with Crippen molar-refractivity contribution >= 4 is 41.4 Å². The number of nitrogens with two attached hydrogens (primary N) is 2. The molecule has 0 saturated carbocycles. The quantitative estimate of drug-likeness (QED) is 0.0477. The second-order valence-electron chi connectivity index (χ2n) is 21.3. The molecular weight excluding hydrogens is 1000 g/mol. The largest absolute Gasteiger partial charge is 0.508 e. The van der Waals surface area contributed by atoms with Gasteiger partial charge in [-0.05, 0) is 68.7 Å². The lowest BCUT2D eigenvalue weighted by Gasteiger charge is -2.35. The third-order valence-electron chi connectivity index (χ3n) is 14.9. The van der Waals surface area contributed by atoms with E-state index in [1.165, 1.54) is 30.7 Å². The van der Waals surface area contributed by atoms with Crippen LogP contribution in [0.2, 0.25) is 0 Å². The minimum atomic E-state index is -2.28. The number of amides is 7. The molecule has 0 radical (unpaired) electrons. The van der Waals surface area contributed by atoms with E-state index in [2.05, 4.69) is 52.7 Å². The number of hydrogen-bond acceptors (Lipinski definition) is 18. The third kappa shape index (κ3) is 18.8. The zero-order chi connectivity index (χ0) is 57.1. The molecule has 3 saturated heterocycles. The lowest BCUT2D eigenvalue weighted by Crippen LogP contribution is -2.65. The molecular formula is C52H88N10O15. The van der Waals surface area contributed by atoms with E-state index in [9.17, 15) is 74.4 Å². The first-order valence-corrected chi connectivity index (χ1v) is 27.3. The minimum Gasteiger partial charge on any atom is -0.508 e. The van der Waals surface area contributed by atoms with Crippen molar-refractivity contribution in [1.29, 1.82) is 0 Å². The van der Waals surface area contributed by atoms with Crippen LogP contribution in [0.15, 0.2) is 24.3 Å². The first kappa shape index (κ1) is 64.4. The summed E-state index contributed by atoms with van der Waals surface area (Å²) in [6.07, 6.45) is -6.95. The maximum atomic E-state index is 14.6. The van der Waals surface area contributed by atoms with Crippen LogP contribution < -0.4 is 43.4 Å². The van der Waals surface area contributed by atoms with Crippen molar-refractivity contribution < 1.29 is 74.4 Å². The zero-order valence-electron chi connectivity index (χ0n) is 45.0. The van der Waals surface area contributed by atoms with Gasteiger partial charge in [0.15, 0.2) is 0 Å². The first-order valence-electron chi connectivity index (χ1n) is 27.3. The van der Waals surface area contributed by atoms with Crippen LogP contribution in [0.1, 0.15) is 129 Å². The molecule has 0 bridgehead atoms. The predicted molar refractivity (Wildman–Crippen MR) is 280 cm³/mol. The summed E-state index contributed by atoms with van der Waals surface area (Å²) in [7, 11) is 0. The number of nitrogens with one attached hydrogen (secondary N) is 6. The molecule has 3 fully saturated rings. The van der Waals surface area contributed by atoms with Crippen molar-refractivity contribution in [2.45, 2.75) is 203 Å². The SMILES string of the molecule is CCC(C)CC(C)CCCCCCCCC(=O)N[C@H]1C[C@@H](O)[C@@H](NCCN)NC(=O)C2[C@@H](O)CCN2C(=O)C([C@H](O)CCN)NC(=O)C([C@H](O)[C@@H](O)c2ccc(O)cc2)NC(=O)C2C[C@H](O)CN2C(=O)C([C@H](C)O)NC1=O. The summed E-state index contributed by atoms with van der Waals surface area (Å²) in [6, 6.07) is -6.40. The lowest BCUT2D eigenvalue weighted by molar-refractivity contribution is -0.148. The molecule has 25 heteroatoms. The van der Waals surface area contributed by atoms with Gasteiger partial charge in [0.2, 0.25) is 41.4 Å². The fraction of sp³-hybridized carbons (Fsp3) is 0.750. The molecule has 0 spiro atoms. The molecule has 3 heterocycles. The van der Waals surface area contributed by atoms with Crippen LogP contribution in [0, 0.1) is 11.8 Å². The van der Waals surface area contributed by atoms with Crippen LogP contribution in [0.25, 0.3) is 0 Å². The van der Waals surface area contributed by atoms with Gasteiger partial charge in [-0.25, -0.2) is 0 Å². The Balaban J connectivity index is 1.73. The highest BCUT2D eigenvalue weighted by molar-refractivity contribution is 5.98. The van der Waals surface area contributed by atoms with Crippen LogP contribution in [0.3, 0.4) is 0 Å².